The maximum absolute atomic E-state index is 13.0. The summed E-state index contributed by atoms with van der Waals surface area (Å²) in [5.41, 5.74) is 4.61. The molecule has 0 unspecified atom stereocenters. The SMILES string of the molecule is Cc1ccccc1Nc1nccc(C(=O)N2CCCc3ccccc32)n1. The van der Waals surface area contributed by atoms with Gasteiger partial charge in [-0.2, -0.15) is 0 Å². The summed E-state index contributed by atoms with van der Waals surface area (Å²) in [4.78, 5) is 23.6. The van der Waals surface area contributed by atoms with Gasteiger partial charge in [-0.25, -0.2) is 9.97 Å². The topological polar surface area (TPSA) is 58.1 Å². The Hall–Kier alpha value is -3.21. The third kappa shape index (κ3) is 3.16. The maximum atomic E-state index is 13.0. The number of hydrogen-bond acceptors (Lipinski definition) is 4. The minimum atomic E-state index is -0.0904. The predicted molar refractivity (Wildman–Crippen MR) is 103 cm³/mol. The number of hydrogen-bond donors (Lipinski definition) is 1. The molecule has 3 aromatic rings. The quantitative estimate of drug-likeness (QED) is 0.776. The van der Waals surface area contributed by atoms with Crippen LogP contribution in [0.15, 0.2) is 60.8 Å². The molecule has 1 aromatic heterocycles. The van der Waals surface area contributed by atoms with Crippen LogP contribution >= 0.6 is 0 Å². The Kier molecular flexibility index (Phi) is 4.35. The molecule has 0 bridgehead atoms. The Morgan fingerprint density at radius 1 is 1.08 bits per heavy atom. The number of anilines is 3. The molecule has 1 amide bonds. The van der Waals surface area contributed by atoms with Gasteiger partial charge in [-0.3, -0.25) is 4.79 Å². The largest absolute Gasteiger partial charge is 0.324 e. The monoisotopic (exact) mass is 344 g/mol. The van der Waals surface area contributed by atoms with Crippen LogP contribution < -0.4 is 10.2 Å². The first-order valence-electron chi connectivity index (χ1n) is 8.78. The van der Waals surface area contributed by atoms with E-state index in [1.54, 1.807) is 12.3 Å². The van der Waals surface area contributed by atoms with E-state index in [0.29, 0.717) is 18.2 Å². The molecular weight excluding hydrogens is 324 g/mol. The average Bonchev–Trinajstić information content (AvgIpc) is 2.69. The predicted octanol–water partition coefficient (Wildman–Crippen LogP) is 4.12. The van der Waals surface area contributed by atoms with Crippen molar-refractivity contribution in [1.82, 2.24) is 9.97 Å². The first-order chi connectivity index (χ1) is 12.7. The minimum Gasteiger partial charge on any atom is -0.324 e. The number of benzene rings is 2. The average molecular weight is 344 g/mol. The Bertz CT molecular complexity index is 954. The van der Waals surface area contributed by atoms with E-state index in [2.05, 4.69) is 21.4 Å². The lowest BCUT2D eigenvalue weighted by Crippen LogP contribution is -2.36. The van der Waals surface area contributed by atoms with Crippen LogP contribution in [0.25, 0.3) is 0 Å². The van der Waals surface area contributed by atoms with Crippen molar-refractivity contribution in [2.24, 2.45) is 0 Å². The van der Waals surface area contributed by atoms with E-state index in [0.717, 1.165) is 29.8 Å². The zero-order valence-electron chi connectivity index (χ0n) is 14.6. The van der Waals surface area contributed by atoms with Gasteiger partial charge in [0.05, 0.1) is 0 Å². The standard InChI is InChI=1S/C21H20N4O/c1-15-7-2-4-10-17(15)23-21-22-13-12-18(24-21)20(26)25-14-6-9-16-8-3-5-11-19(16)25/h2-5,7-8,10-13H,6,9,14H2,1H3,(H,22,23,24). The number of carbonyl (C=O) groups excluding carboxylic acids is 1. The van der Waals surface area contributed by atoms with Gasteiger partial charge in [-0.05, 0) is 49.1 Å². The summed E-state index contributed by atoms with van der Waals surface area (Å²) in [5.74, 6) is 0.336. The molecule has 130 valence electrons. The lowest BCUT2D eigenvalue weighted by molar-refractivity contribution is 0.0980. The van der Waals surface area contributed by atoms with Crippen LogP contribution in [0.5, 0.6) is 0 Å². The third-order valence-corrected chi connectivity index (χ3v) is 4.62. The van der Waals surface area contributed by atoms with Gasteiger partial charge >= 0.3 is 0 Å². The number of carbonyl (C=O) groups is 1. The number of nitrogens with zero attached hydrogens (tertiary/aromatic N) is 3. The van der Waals surface area contributed by atoms with Crippen LogP contribution in [-0.4, -0.2) is 22.4 Å². The zero-order chi connectivity index (χ0) is 17.9. The molecule has 5 nitrogen and oxygen atoms in total. The number of amides is 1. The second kappa shape index (κ2) is 6.96. The number of aryl methyl sites for hydroxylation is 2. The third-order valence-electron chi connectivity index (χ3n) is 4.62. The molecule has 0 aliphatic carbocycles. The Morgan fingerprint density at radius 2 is 1.88 bits per heavy atom. The molecule has 1 aliphatic heterocycles. The number of fused-ring (bicyclic) bond motifs is 1. The van der Waals surface area contributed by atoms with E-state index in [1.807, 2.05) is 54.3 Å². The summed E-state index contributed by atoms with van der Waals surface area (Å²) in [6, 6.07) is 17.7. The molecular formula is C21H20N4O. The second-order valence-corrected chi connectivity index (χ2v) is 6.39. The highest BCUT2D eigenvalue weighted by Crippen LogP contribution is 2.28. The number of rotatable bonds is 3. The minimum absolute atomic E-state index is 0.0904. The van der Waals surface area contributed by atoms with Crippen LogP contribution in [-0.2, 0) is 6.42 Å². The smallest absolute Gasteiger partial charge is 0.277 e. The molecule has 2 aromatic carbocycles. The first-order valence-corrected chi connectivity index (χ1v) is 8.78. The highest BCUT2D eigenvalue weighted by atomic mass is 16.2. The van der Waals surface area contributed by atoms with E-state index < -0.39 is 0 Å². The fourth-order valence-electron chi connectivity index (χ4n) is 3.25. The lowest BCUT2D eigenvalue weighted by Gasteiger charge is -2.29. The summed E-state index contributed by atoms with van der Waals surface area (Å²) in [7, 11) is 0. The van der Waals surface area contributed by atoms with Crippen LogP contribution in [0.3, 0.4) is 0 Å². The van der Waals surface area contributed by atoms with E-state index in [4.69, 9.17) is 0 Å². The summed E-state index contributed by atoms with van der Waals surface area (Å²) in [5, 5.41) is 3.20. The van der Waals surface area contributed by atoms with Gasteiger partial charge in [-0.15, -0.1) is 0 Å². The normalized spacial score (nSPS) is 13.2. The molecule has 4 rings (SSSR count). The van der Waals surface area contributed by atoms with Gasteiger partial charge < -0.3 is 10.2 Å². The van der Waals surface area contributed by atoms with Crippen molar-refractivity contribution in [3.05, 3.63) is 77.6 Å². The molecule has 0 atom stereocenters. The van der Waals surface area contributed by atoms with Gasteiger partial charge in [0.2, 0.25) is 5.95 Å². The Balaban J connectivity index is 1.61. The highest BCUT2D eigenvalue weighted by molar-refractivity contribution is 6.05. The lowest BCUT2D eigenvalue weighted by atomic mass is 10.0. The molecule has 1 aliphatic rings. The van der Waals surface area contributed by atoms with Crippen LogP contribution in [0.2, 0.25) is 0 Å². The van der Waals surface area contributed by atoms with Gasteiger partial charge in [0.15, 0.2) is 0 Å². The van der Waals surface area contributed by atoms with E-state index in [9.17, 15) is 4.79 Å². The van der Waals surface area contributed by atoms with Crippen molar-refractivity contribution in [1.29, 1.82) is 0 Å². The molecule has 1 N–H and O–H groups in total. The molecule has 0 saturated carbocycles. The van der Waals surface area contributed by atoms with Gasteiger partial charge in [-0.1, -0.05) is 36.4 Å². The van der Waals surface area contributed by atoms with Crippen molar-refractivity contribution >= 4 is 23.2 Å². The molecule has 5 heteroatoms. The fraction of sp³-hybridized carbons (Fsp3) is 0.190. The molecule has 0 radical (unpaired) electrons. The first kappa shape index (κ1) is 16.3. The molecule has 0 saturated heterocycles. The van der Waals surface area contributed by atoms with Crippen LogP contribution in [0.1, 0.15) is 28.0 Å². The van der Waals surface area contributed by atoms with Crippen molar-refractivity contribution in [3.63, 3.8) is 0 Å². The van der Waals surface area contributed by atoms with Crippen molar-refractivity contribution in [3.8, 4) is 0 Å². The van der Waals surface area contributed by atoms with Gasteiger partial charge in [0.1, 0.15) is 5.69 Å². The summed E-state index contributed by atoms with van der Waals surface area (Å²) in [6.07, 6.45) is 3.59. The molecule has 26 heavy (non-hydrogen) atoms. The maximum Gasteiger partial charge on any atom is 0.277 e. The van der Waals surface area contributed by atoms with E-state index >= 15 is 0 Å². The number of nitrogens with one attached hydrogen (secondary N) is 1. The molecule has 0 spiro atoms. The highest BCUT2D eigenvalue weighted by Gasteiger charge is 2.24. The van der Waals surface area contributed by atoms with E-state index in [-0.39, 0.29) is 5.91 Å². The number of aromatic nitrogens is 2. The van der Waals surface area contributed by atoms with Crippen molar-refractivity contribution < 1.29 is 4.79 Å². The van der Waals surface area contributed by atoms with E-state index in [1.165, 1.54) is 5.56 Å². The summed E-state index contributed by atoms with van der Waals surface area (Å²) in [6.45, 7) is 2.72. The van der Waals surface area contributed by atoms with Crippen LogP contribution in [0.4, 0.5) is 17.3 Å². The van der Waals surface area contributed by atoms with Crippen LogP contribution in [0, 0.1) is 6.92 Å². The Labute approximate surface area is 152 Å². The van der Waals surface area contributed by atoms with Crippen molar-refractivity contribution in [2.75, 3.05) is 16.8 Å². The molecule has 2 heterocycles. The van der Waals surface area contributed by atoms with Gasteiger partial charge in [0, 0.05) is 24.1 Å². The Morgan fingerprint density at radius 3 is 2.77 bits per heavy atom. The van der Waals surface area contributed by atoms with Crippen molar-refractivity contribution in [2.45, 2.75) is 19.8 Å². The summed E-state index contributed by atoms with van der Waals surface area (Å²) >= 11 is 0. The molecule has 0 fully saturated rings. The fourth-order valence-corrected chi connectivity index (χ4v) is 3.25. The second-order valence-electron chi connectivity index (χ2n) is 6.39. The summed E-state index contributed by atoms with van der Waals surface area (Å²) < 4.78 is 0. The zero-order valence-corrected chi connectivity index (χ0v) is 14.6. The van der Waals surface area contributed by atoms with Gasteiger partial charge in [0.25, 0.3) is 5.91 Å². The number of para-hydroxylation sites is 2.